The van der Waals surface area contributed by atoms with E-state index in [2.05, 4.69) is 10.4 Å². The highest BCUT2D eigenvalue weighted by atomic mass is 16.5. The van der Waals surface area contributed by atoms with Gasteiger partial charge < -0.3 is 15.0 Å². The van der Waals surface area contributed by atoms with Gasteiger partial charge in [0.1, 0.15) is 5.75 Å². The van der Waals surface area contributed by atoms with Crippen molar-refractivity contribution in [3.63, 3.8) is 0 Å². The maximum atomic E-state index is 12.3. The summed E-state index contributed by atoms with van der Waals surface area (Å²) in [6, 6.07) is 5.53. The Morgan fingerprint density at radius 2 is 2.23 bits per heavy atom. The first-order chi connectivity index (χ1) is 10.5. The van der Waals surface area contributed by atoms with E-state index in [1.54, 1.807) is 22.8 Å². The molecule has 0 bridgehead atoms. The minimum absolute atomic E-state index is 0.186. The summed E-state index contributed by atoms with van der Waals surface area (Å²) >= 11 is 0. The molecule has 6 nitrogen and oxygen atoms in total. The molecule has 22 heavy (non-hydrogen) atoms. The lowest BCUT2D eigenvalue weighted by atomic mass is 10.2. The minimum atomic E-state index is -0.186. The van der Waals surface area contributed by atoms with Crippen LogP contribution in [0, 0.1) is 6.92 Å². The fourth-order valence-electron chi connectivity index (χ4n) is 2.12. The van der Waals surface area contributed by atoms with E-state index in [1.807, 2.05) is 45.3 Å². The number of aryl methyl sites for hydroxylation is 2. The van der Waals surface area contributed by atoms with E-state index in [-0.39, 0.29) is 6.03 Å². The summed E-state index contributed by atoms with van der Waals surface area (Å²) in [6.07, 6.45) is 3.64. The van der Waals surface area contributed by atoms with Gasteiger partial charge >= 0.3 is 6.03 Å². The number of carbonyl (C=O) groups is 1. The van der Waals surface area contributed by atoms with Crippen molar-refractivity contribution in [3.8, 4) is 5.75 Å². The van der Waals surface area contributed by atoms with Crippen LogP contribution in [0.15, 0.2) is 30.6 Å². The van der Waals surface area contributed by atoms with E-state index in [0.717, 1.165) is 11.1 Å². The molecule has 118 valence electrons. The van der Waals surface area contributed by atoms with Crippen LogP contribution in [0.2, 0.25) is 0 Å². The fraction of sp³-hybridized carbons (Fsp3) is 0.375. The molecule has 1 aromatic heterocycles. The normalized spacial score (nSPS) is 10.4. The smallest absolute Gasteiger partial charge is 0.321 e. The summed E-state index contributed by atoms with van der Waals surface area (Å²) < 4.78 is 7.29. The maximum Gasteiger partial charge on any atom is 0.321 e. The van der Waals surface area contributed by atoms with Crippen molar-refractivity contribution in [3.05, 3.63) is 41.7 Å². The predicted molar refractivity (Wildman–Crippen MR) is 86.0 cm³/mol. The third kappa shape index (κ3) is 4.00. The SMILES string of the molecule is CCOc1cc(C)ccc1NC(=O)N(C)Cc1cnn(C)c1. The quantitative estimate of drug-likeness (QED) is 0.924. The first-order valence-electron chi connectivity index (χ1n) is 7.22. The van der Waals surface area contributed by atoms with Crippen LogP contribution in [-0.2, 0) is 13.6 Å². The molecule has 2 rings (SSSR count). The molecule has 2 aromatic rings. The third-order valence-corrected chi connectivity index (χ3v) is 3.20. The lowest BCUT2D eigenvalue weighted by molar-refractivity contribution is 0.220. The Morgan fingerprint density at radius 1 is 1.45 bits per heavy atom. The summed E-state index contributed by atoms with van der Waals surface area (Å²) in [5.74, 6) is 0.686. The number of amides is 2. The number of nitrogens with one attached hydrogen (secondary N) is 1. The van der Waals surface area contributed by atoms with Crippen LogP contribution < -0.4 is 10.1 Å². The molecule has 0 saturated heterocycles. The Morgan fingerprint density at radius 3 is 2.86 bits per heavy atom. The number of rotatable bonds is 5. The topological polar surface area (TPSA) is 59.4 Å². The molecule has 0 aliphatic carbocycles. The van der Waals surface area contributed by atoms with Crippen LogP contribution >= 0.6 is 0 Å². The number of urea groups is 1. The van der Waals surface area contributed by atoms with Crippen LogP contribution in [0.4, 0.5) is 10.5 Å². The summed E-state index contributed by atoms with van der Waals surface area (Å²) in [4.78, 5) is 13.9. The Bertz CT molecular complexity index is 651. The lowest BCUT2D eigenvalue weighted by Crippen LogP contribution is -2.30. The van der Waals surface area contributed by atoms with Gasteiger partial charge in [-0.1, -0.05) is 6.07 Å². The molecule has 0 spiro atoms. The van der Waals surface area contributed by atoms with E-state index in [4.69, 9.17) is 4.74 Å². The van der Waals surface area contributed by atoms with Crippen molar-refractivity contribution in [2.45, 2.75) is 20.4 Å². The van der Waals surface area contributed by atoms with Crippen LogP contribution in [0.1, 0.15) is 18.1 Å². The number of anilines is 1. The molecule has 0 aliphatic heterocycles. The number of hydrogen-bond donors (Lipinski definition) is 1. The van der Waals surface area contributed by atoms with Gasteiger partial charge in [-0.3, -0.25) is 4.68 Å². The molecule has 2 amide bonds. The number of aromatic nitrogens is 2. The summed E-state index contributed by atoms with van der Waals surface area (Å²) in [5.41, 5.74) is 2.75. The van der Waals surface area contributed by atoms with E-state index in [1.165, 1.54) is 0 Å². The van der Waals surface area contributed by atoms with Crippen molar-refractivity contribution in [1.82, 2.24) is 14.7 Å². The van der Waals surface area contributed by atoms with Crippen LogP contribution in [0.3, 0.4) is 0 Å². The standard InChI is InChI=1S/C16H22N4O2/c1-5-22-15-8-12(2)6-7-14(15)18-16(21)19(3)10-13-9-17-20(4)11-13/h6-9,11H,5,10H2,1-4H3,(H,18,21). The lowest BCUT2D eigenvalue weighted by Gasteiger charge is -2.19. The third-order valence-electron chi connectivity index (χ3n) is 3.20. The van der Waals surface area contributed by atoms with E-state index >= 15 is 0 Å². The van der Waals surface area contributed by atoms with Crippen LogP contribution in [0.25, 0.3) is 0 Å². The monoisotopic (exact) mass is 302 g/mol. The Balaban J connectivity index is 2.04. The average molecular weight is 302 g/mol. The molecular formula is C16H22N4O2. The van der Waals surface area contributed by atoms with Gasteiger partial charge in [0, 0.05) is 25.9 Å². The van der Waals surface area contributed by atoms with Crippen molar-refractivity contribution in [1.29, 1.82) is 0 Å². The zero-order chi connectivity index (χ0) is 16.1. The molecule has 0 fully saturated rings. The Hall–Kier alpha value is -2.50. The molecule has 0 atom stereocenters. The predicted octanol–water partition coefficient (Wildman–Crippen LogP) is 2.79. The van der Waals surface area contributed by atoms with Gasteiger partial charge in [0.05, 0.1) is 25.0 Å². The van der Waals surface area contributed by atoms with Crippen molar-refractivity contribution in [2.75, 3.05) is 19.0 Å². The second-order valence-corrected chi connectivity index (χ2v) is 5.24. The van der Waals surface area contributed by atoms with E-state index in [0.29, 0.717) is 24.6 Å². The fourth-order valence-corrected chi connectivity index (χ4v) is 2.12. The molecule has 1 heterocycles. The molecule has 0 aliphatic rings. The second kappa shape index (κ2) is 6.98. The molecule has 1 N–H and O–H groups in total. The van der Waals surface area contributed by atoms with Crippen molar-refractivity contribution >= 4 is 11.7 Å². The molecular weight excluding hydrogens is 280 g/mol. The number of ether oxygens (including phenoxy) is 1. The number of nitrogens with zero attached hydrogens (tertiary/aromatic N) is 3. The Labute approximate surface area is 130 Å². The minimum Gasteiger partial charge on any atom is -0.492 e. The number of carbonyl (C=O) groups excluding carboxylic acids is 1. The number of hydrogen-bond acceptors (Lipinski definition) is 3. The van der Waals surface area contributed by atoms with Crippen molar-refractivity contribution < 1.29 is 9.53 Å². The van der Waals surface area contributed by atoms with Gasteiger partial charge in [-0.25, -0.2) is 4.79 Å². The van der Waals surface area contributed by atoms with Gasteiger partial charge in [-0.2, -0.15) is 5.10 Å². The first kappa shape index (κ1) is 15.9. The molecule has 1 aromatic carbocycles. The van der Waals surface area contributed by atoms with Gasteiger partial charge in [0.15, 0.2) is 0 Å². The molecule has 0 radical (unpaired) electrons. The second-order valence-electron chi connectivity index (χ2n) is 5.24. The summed E-state index contributed by atoms with van der Waals surface area (Å²) in [7, 11) is 3.60. The van der Waals surface area contributed by atoms with Crippen LogP contribution in [0.5, 0.6) is 5.75 Å². The van der Waals surface area contributed by atoms with Crippen molar-refractivity contribution in [2.24, 2.45) is 7.05 Å². The highest BCUT2D eigenvalue weighted by Crippen LogP contribution is 2.26. The number of benzene rings is 1. The average Bonchev–Trinajstić information content (AvgIpc) is 2.87. The molecule has 0 saturated carbocycles. The van der Waals surface area contributed by atoms with Crippen LogP contribution in [-0.4, -0.2) is 34.4 Å². The van der Waals surface area contributed by atoms with Gasteiger partial charge in [0.25, 0.3) is 0 Å². The van der Waals surface area contributed by atoms with Gasteiger partial charge in [-0.15, -0.1) is 0 Å². The molecule has 0 unspecified atom stereocenters. The largest absolute Gasteiger partial charge is 0.492 e. The van der Waals surface area contributed by atoms with E-state index in [9.17, 15) is 4.79 Å². The first-order valence-corrected chi connectivity index (χ1v) is 7.22. The van der Waals surface area contributed by atoms with Gasteiger partial charge in [-0.05, 0) is 31.5 Å². The highest BCUT2D eigenvalue weighted by molar-refractivity contribution is 5.90. The zero-order valence-electron chi connectivity index (χ0n) is 13.5. The molecule has 6 heteroatoms. The zero-order valence-corrected chi connectivity index (χ0v) is 13.5. The highest BCUT2D eigenvalue weighted by Gasteiger charge is 2.13. The summed E-state index contributed by atoms with van der Waals surface area (Å²) in [6.45, 7) is 4.96. The van der Waals surface area contributed by atoms with Gasteiger partial charge in [0.2, 0.25) is 0 Å². The summed E-state index contributed by atoms with van der Waals surface area (Å²) in [5, 5.41) is 6.98. The Kier molecular flexibility index (Phi) is 5.04. The maximum absolute atomic E-state index is 12.3. The van der Waals surface area contributed by atoms with E-state index < -0.39 is 0 Å².